The average molecular weight is 169 g/mol. The van der Waals surface area contributed by atoms with Gasteiger partial charge in [0.05, 0.1) is 0 Å². The Balaban J connectivity index is 2.36. The highest BCUT2D eigenvalue weighted by Crippen LogP contribution is 2.37. The largest absolute Gasteiger partial charge is 0.381 e. The Labute approximate surface area is 70.4 Å². The highest BCUT2D eigenvalue weighted by molar-refractivity contribution is 5.35. The van der Waals surface area contributed by atoms with Gasteiger partial charge in [-0.15, -0.1) is 0 Å². The molecule has 1 aromatic rings. The van der Waals surface area contributed by atoms with E-state index >= 15 is 0 Å². The number of aromatic nitrogens is 2. The molecule has 1 aliphatic carbocycles. The molecule has 1 saturated carbocycles. The van der Waals surface area contributed by atoms with Crippen molar-refractivity contribution >= 4 is 5.82 Å². The molecule has 0 bridgehead atoms. The van der Waals surface area contributed by atoms with Gasteiger partial charge < -0.3 is 5.73 Å². The molecule has 1 heterocycles. The molecule has 1 aliphatic rings. The molecular weight excluding hydrogens is 157 g/mol. The van der Waals surface area contributed by atoms with Gasteiger partial charge in [-0.25, -0.2) is 4.39 Å². The van der Waals surface area contributed by atoms with E-state index in [0.29, 0.717) is 11.6 Å². The van der Waals surface area contributed by atoms with Gasteiger partial charge in [0, 0.05) is 13.0 Å². The van der Waals surface area contributed by atoms with Crippen LogP contribution < -0.4 is 5.73 Å². The van der Waals surface area contributed by atoms with Gasteiger partial charge >= 0.3 is 0 Å². The summed E-state index contributed by atoms with van der Waals surface area (Å²) in [5.74, 6) is 0.146. The Hall–Kier alpha value is -1.06. The van der Waals surface area contributed by atoms with E-state index in [1.54, 1.807) is 7.05 Å². The normalized spacial score (nSPS) is 17.8. The van der Waals surface area contributed by atoms with Crippen molar-refractivity contribution in [3.8, 4) is 0 Å². The van der Waals surface area contributed by atoms with Crippen LogP contribution in [0.3, 0.4) is 0 Å². The van der Waals surface area contributed by atoms with Crippen LogP contribution in [0.2, 0.25) is 0 Å². The third kappa shape index (κ3) is 0.906. The van der Waals surface area contributed by atoms with Gasteiger partial charge in [0.25, 0.3) is 0 Å². The van der Waals surface area contributed by atoms with E-state index in [-0.39, 0.29) is 11.6 Å². The van der Waals surface area contributed by atoms with E-state index in [2.05, 4.69) is 5.10 Å². The van der Waals surface area contributed by atoms with Gasteiger partial charge in [0.1, 0.15) is 5.69 Å². The molecule has 0 aromatic carbocycles. The third-order valence-electron chi connectivity index (χ3n) is 2.55. The highest BCUT2D eigenvalue weighted by Gasteiger charge is 2.27. The van der Waals surface area contributed by atoms with Crippen LogP contribution in [0.4, 0.5) is 10.2 Å². The van der Waals surface area contributed by atoms with Crippen molar-refractivity contribution in [1.29, 1.82) is 0 Å². The summed E-state index contributed by atoms with van der Waals surface area (Å²) in [6.07, 6.45) is 3.28. The molecular formula is C8H12FN3. The third-order valence-corrected chi connectivity index (χ3v) is 2.55. The van der Waals surface area contributed by atoms with Crippen LogP contribution in [0.25, 0.3) is 0 Å². The molecule has 1 fully saturated rings. The molecule has 4 heteroatoms. The van der Waals surface area contributed by atoms with Crippen LogP contribution in [0, 0.1) is 5.82 Å². The van der Waals surface area contributed by atoms with Crippen LogP contribution in [0.15, 0.2) is 0 Å². The number of hydrogen-bond acceptors (Lipinski definition) is 2. The Bertz CT molecular complexity index is 301. The lowest BCUT2D eigenvalue weighted by Crippen LogP contribution is -2.11. The fraction of sp³-hybridized carbons (Fsp3) is 0.625. The van der Waals surface area contributed by atoms with Crippen LogP contribution in [-0.4, -0.2) is 9.78 Å². The molecule has 12 heavy (non-hydrogen) atoms. The maximum Gasteiger partial charge on any atom is 0.188 e. The molecule has 0 aliphatic heterocycles. The van der Waals surface area contributed by atoms with E-state index in [1.165, 1.54) is 11.1 Å². The fourth-order valence-corrected chi connectivity index (χ4v) is 1.48. The number of hydrogen-bond donors (Lipinski definition) is 1. The molecule has 66 valence electrons. The molecule has 0 unspecified atom stereocenters. The maximum atomic E-state index is 13.3. The lowest BCUT2D eigenvalue weighted by atomic mass is 9.83. The molecule has 0 radical (unpaired) electrons. The van der Waals surface area contributed by atoms with Gasteiger partial charge in [0.15, 0.2) is 11.6 Å². The number of nitrogens with two attached hydrogens (primary N) is 1. The molecule has 2 rings (SSSR count). The van der Waals surface area contributed by atoms with Crippen molar-refractivity contribution in [2.45, 2.75) is 25.2 Å². The summed E-state index contributed by atoms with van der Waals surface area (Å²) < 4.78 is 14.7. The molecule has 2 N–H and O–H groups in total. The molecule has 0 spiro atoms. The van der Waals surface area contributed by atoms with Crippen molar-refractivity contribution in [3.63, 3.8) is 0 Å². The Morgan fingerprint density at radius 2 is 2.25 bits per heavy atom. The summed E-state index contributed by atoms with van der Waals surface area (Å²) in [5.41, 5.74) is 6.00. The Morgan fingerprint density at radius 3 is 2.58 bits per heavy atom. The van der Waals surface area contributed by atoms with Crippen molar-refractivity contribution < 1.29 is 4.39 Å². The van der Waals surface area contributed by atoms with Crippen molar-refractivity contribution in [2.75, 3.05) is 5.73 Å². The predicted octanol–water partition coefficient (Wildman–Crippen LogP) is 1.41. The van der Waals surface area contributed by atoms with Crippen molar-refractivity contribution in [2.24, 2.45) is 7.05 Å². The van der Waals surface area contributed by atoms with E-state index in [9.17, 15) is 4.39 Å². The first-order valence-corrected chi connectivity index (χ1v) is 4.18. The van der Waals surface area contributed by atoms with E-state index in [4.69, 9.17) is 5.73 Å². The Morgan fingerprint density at radius 1 is 1.58 bits per heavy atom. The summed E-state index contributed by atoms with van der Waals surface area (Å²) in [6, 6.07) is 0. The standard InChI is InChI=1S/C8H12FN3/c1-12-8(10)6(9)7(11-12)5-3-2-4-5/h5H,2-4,10H2,1H3. The quantitative estimate of drug-likeness (QED) is 0.690. The van der Waals surface area contributed by atoms with Gasteiger partial charge in [0.2, 0.25) is 0 Å². The maximum absolute atomic E-state index is 13.3. The number of rotatable bonds is 1. The van der Waals surface area contributed by atoms with Gasteiger partial charge in [-0.05, 0) is 12.8 Å². The minimum absolute atomic E-state index is 0.150. The van der Waals surface area contributed by atoms with Gasteiger partial charge in [-0.1, -0.05) is 6.42 Å². The molecule has 0 atom stereocenters. The first kappa shape index (κ1) is 7.58. The summed E-state index contributed by atoms with van der Waals surface area (Å²) in [7, 11) is 1.67. The topological polar surface area (TPSA) is 43.8 Å². The van der Waals surface area contributed by atoms with Crippen molar-refractivity contribution in [1.82, 2.24) is 9.78 Å². The lowest BCUT2D eigenvalue weighted by molar-refractivity contribution is 0.394. The zero-order chi connectivity index (χ0) is 8.72. The number of anilines is 1. The second kappa shape index (κ2) is 2.47. The van der Waals surface area contributed by atoms with Crippen LogP contribution in [-0.2, 0) is 7.05 Å². The smallest absolute Gasteiger partial charge is 0.188 e. The predicted molar refractivity (Wildman–Crippen MR) is 44.2 cm³/mol. The van der Waals surface area contributed by atoms with E-state index < -0.39 is 0 Å². The SMILES string of the molecule is Cn1nc(C2CCC2)c(F)c1N. The second-order valence-electron chi connectivity index (χ2n) is 3.34. The van der Waals surface area contributed by atoms with Gasteiger partial charge in [-0.3, -0.25) is 4.68 Å². The average Bonchev–Trinajstić information content (AvgIpc) is 2.15. The zero-order valence-electron chi connectivity index (χ0n) is 7.05. The minimum atomic E-state index is -0.317. The fourth-order valence-electron chi connectivity index (χ4n) is 1.48. The van der Waals surface area contributed by atoms with Crippen LogP contribution in [0.1, 0.15) is 30.9 Å². The van der Waals surface area contributed by atoms with Crippen LogP contribution in [0.5, 0.6) is 0 Å². The van der Waals surface area contributed by atoms with Crippen LogP contribution >= 0.6 is 0 Å². The first-order chi connectivity index (χ1) is 5.70. The second-order valence-corrected chi connectivity index (χ2v) is 3.34. The summed E-state index contributed by atoms with van der Waals surface area (Å²) in [5, 5.41) is 4.05. The van der Waals surface area contributed by atoms with Crippen molar-refractivity contribution in [3.05, 3.63) is 11.5 Å². The van der Waals surface area contributed by atoms with E-state index in [0.717, 1.165) is 12.8 Å². The molecule has 1 aromatic heterocycles. The monoisotopic (exact) mass is 169 g/mol. The Kier molecular flexibility index (Phi) is 1.56. The van der Waals surface area contributed by atoms with Gasteiger partial charge in [-0.2, -0.15) is 5.10 Å². The minimum Gasteiger partial charge on any atom is -0.381 e. The first-order valence-electron chi connectivity index (χ1n) is 4.18. The summed E-state index contributed by atoms with van der Waals surface area (Å²) >= 11 is 0. The number of nitrogen functional groups attached to an aromatic ring is 1. The lowest BCUT2D eigenvalue weighted by Gasteiger charge is -2.22. The summed E-state index contributed by atoms with van der Waals surface area (Å²) in [4.78, 5) is 0. The number of halogens is 1. The number of aryl methyl sites for hydroxylation is 1. The zero-order valence-corrected chi connectivity index (χ0v) is 7.05. The summed E-state index contributed by atoms with van der Waals surface area (Å²) in [6.45, 7) is 0. The molecule has 0 saturated heterocycles. The van der Waals surface area contributed by atoms with E-state index in [1.807, 2.05) is 0 Å². The molecule has 0 amide bonds. The highest BCUT2D eigenvalue weighted by atomic mass is 19.1. The molecule has 3 nitrogen and oxygen atoms in total. The number of nitrogens with zero attached hydrogens (tertiary/aromatic N) is 2.